The summed E-state index contributed by atoms with van der Waals surface area (Å²) in [5.74, 6) is 0. The van der Waals surface area contributed by atoms with Crippen molar-refractivity contribution in [1.29, 1.82) is 0 Å². The number of halogens is 2. The number of unbranched alkanes of at least 4 members (excludes halogenated alkanes) is 3. The average Bonchev–Trinajstić information content (AvgIpc) is 2.15. The summed E-state index contributed by atoms with van der Waals surface area (Å²) in [4.78, 5) is 0. The lowest BCUT2D eigenvalue weighted by atomic mass is 10.2. The van der Waals surface area contributed by atoms with Gasteiger partial charge in [0.15, 0.2) is 0 Å². The molecule has 0 aliphatic carbocycles. The monoisotopic (exact) mass is 310 g/mol. The predicted molar refractivity (Wildman–Crippen MR) is 69.0 cm³/mol. The Morgan fingerprint density at radius 3 is 2.38 bits per heavy atom. The maximum Gasteiger partial charge on any atom is 0.488 e. The Morgan fingerprint density at radius 2 is 1.94 bits per heavy atom. The van der Waals surface area contributed by atoms with E-state index in [-0.39, 0.29) is 6.61 Å². The molecule has 0 saturated carbocycles. The lowest BCUT2D eigenvalue weighted by molar-refractivity contribution is 0.138. The Morgan fingerprint density at radius 1 is 1.31 bits per heavy atom. The van der Waals surface area contributed by atoms with Crippen molar-refractivity contribution in [3.8, 4) is 0 Å². The highest BCUT2D eigenvalue weighted by Crippen LogP contribution is 2.55. The van der Waals surface area contributed by atoms with Gasteiger partial charge < -0.3 is 0 Å². The van der Waals surface area contributed by atoms with Gasteiger partial charge in [-0.2, -0.15) is 0 Å². The van der Waals surface area contributed by atoms with Crippen molar-refractivity contribution >= 4 is 43.9 Å². The molecule has 0 bridgehead atoms. The Bertz CT molecular complexity index is 235. The van der Waals surface area contributed by atoms with Crippen molar-refractivity contribution in [2.24, 2.45) is 0 Å². The van der Waals surface area contributed by atoms with Gasteiger partial charge in [-0.25, -0.2) is 13.1 Å². The molecular formula is C8H17Cl2O4PS. The number of alkyl halides is 2. The fourth-order valence-corrected chi connectivity index (χ4v) is 2.60. The first-order chi connectivity index (χ1) is 7.33. The Kier molecular flexibility index (Phi) is 8.73. The Balaban J connectivity index is 3.94. The standard InChI is InChI=1S/C8H17Cl2O4PS/c1-3-4-5-6-7-12-15(11,14-16)13-8(2,9)10/h16H,3-7H2,1-2H3. The summed E-state index contributed by atoms with van der Waals surface area (Å²) in [7, 11) is -3.77. The molecule has 0 aromatic carbocycles. The number of phosphoric ester groups is 1. The molecule has 1 unspecified atom stereocenters. The minimum Gasteiger partial charge on any atom is -0.286 e. The zero-order chi connectivity index (χ0) is 12.7. The van der Waals surface area contributed by atoms with E-state index in [2.05, 4.69) is 23.8 Å². The van der Waals surface area contributed by atoms with E-state index in [0.717, 1.165) is 25.7 Å². The van der Waals surface area contributed by atoms with Gasteiger partial charge in [0.05, 0.1) is 6.61 Å². The van der Waals surface area contributed by atoms with E-state index in [0.29, 0.717) is 0 Å². The Hall–Kier alpha value is 1.04. The summed E-state index contributed by atoms with van der Waals surface area (Å²) in [6.07, 6.45) is 3.96. The number of thiol groups is 1. The molecule has 0 aliphatic rings. The molecule has 0 aliphatic heterocycles. The normalized spacial score (nSPS) is 16.1. The molecule has 4 nitrogen and oxygen atoms in total. The zero-order valence-corrected chi connectivity index (χ0v) is 12.6. The fourth-order valence-electron chi connectivity index (χ4n) is 0.968. The molecule has 0 heterocycles. The van der Waals surface area contributed by atoms with Crippen LogP contribution >= 0.6 is 43.9 Å². The molecule has 0 N–H and O–H groups in total. The number of rotatable bonds is 9. The van der Waals surface area contributed by atoms with Gasteiger partial charge in [0.2, 0.25) is 4.52 Å². The summed E-state index contributed by atoms with van der Waals surface area (Å²) < 4.78 is 24.2. The lowest BCUT2D eigenvalue weighted by Crippen LogP contribution is -2.12. The van der Waals surface area contributed by atoms with Crippen molar-refractivity contribution < 1.29 is 17.6 Å². The second kappa shape index (κ2) is 8.20. The van der Waals surface area contributed by atoms with Gasteiger partial charge in [-0.1, -0.05) is 49.4 Å². The average molecular weight is 311 g/mol. The molecule has 0 aromatic heterocycles. The van der Waals surface area contributed by atoms with Crippen LogP contribution < -0.4 is 0 Å². The van der Waals surface area contributed by atoms with Crippen LogP contribution in [0.4, 0.5) is 0 Å². The van der Waals surface area contributed by atoms with Crippen LogP contribution in [0.3, 0.4) is 0 Å². The topological polar surface area (TPSA) is 44.8 Å². The van der Waals surface area contributed by atoms with E-state index >= 15 is 0 Å². The molecule has 8 heteroatoms. The van der Waals surface area contributed by atoms with Crippen LogP contribution in [0.25, 0.3) is 0 Å². The molecule has 1 atom stereocenters. The third-order valence-corrected chi connectivity index (χ3v) is 3.88. The maximum atomic E-state index is 11.7. The van der Waals surface area contributed by atoms with E-state index in [4.69, 9.17) is 32.2 Å². The molecule has 16 heavy (non-hydrogen) atoms. The molecule has 0 spiro atoms. The highest BCUT2D eigenvalue weighted by atomic mass is 35.5. The van der Waals surface area contributed by atoms with Crippen LogP contribution in [0, 0.1) is 0 Å². The maximum absolute atomic E-state index is 11.7. The number of phosphoric acid groups is 1. The molecular weight excluding hydrogens is 294 g/mol. The van der Waals surface area contributed by atoms with Crippen LogP contribution in [-0.2, 0) is 17.6 Å². The van der Waals surface area contributed by atoms with Gasteiger partial charge in [0.1, 0.15) is 0 Å². The highest BCUT2D eigenvalue weighted by molar-refractivity contribution is 7.80. The minimum absolute atomic E-state index is 0.252. The molecule has 98 valence electrons. The second-order valence-corrected chi connectivity index (χ2v) is 6.95. The largest absolute Gasteiger partial charge is 0.488 e. The molecule has 0 rings (SSSR count). The highest BCUT2D eigenvalue weighted by Gasteiger charge is 2.35. The van der Waals surface area contributed by atoms with Gasteiger partial charge in [-0.05, 0) is 26.3 Å². The molecule has 0 amide bonds. The SMILES string of the molecule is CCCCCCOP(=O)(OS)OC(C)(Cl)Cl. The summed E-state index contributed by atoms with van der Waals surface area (Å²) in [5, 5.41) is 0. The van der Waals surface area contributed by atoms with Crippen LogP contribution in [0.1, 0.15) is 39.5 Å². The summed E-state index contributed by atoms with van der Waals surface area (Å²) in [5.41, 5.74) is 0. The molecule has 0 aromatic rings. The third kappa shape index (κ3) is 9.11. The van der Waals surface area contributed by atoms with Gasteiger partial charge in [-0.3, -0.25) is 4.52 Å². The molecule has 0 radical (unpaired) electrons. The van der Waals surface area contributed by atoms with Gasteiger partial charge in [0.25, 0.3) is 0 Å². The van der Waals surface area contributed by atoms with E-state index in [1.165, 1.54) is 6.92 Å². The van der Waals surface area contributed by atoms with E-state index < -0.39 is 12.3 Å². The number of hydrogen-bond donors (Lipinski definition) is 1. The van der Waals surface area contributed by atoms with Crippen LogP contribution in [0.5, 0.6) is 0 Å². The van der Waals surface area contributed by atoms with Crippen molar-refractivity contribution in [1.82, 2.24) is 0 Å². The second-order valence-electron chi connectivity index (χ2n) is 3.32. The van der Waals surface area contributed by atoms with Crippen molar-refractivity contribution in [2.45, 2.75) is 44.1 Å². The van der Waals surface area contributed by atoms with Gasteiger partial charge in [0, 0.05) is 0 Å². The molecule has 0 saturated heterocycles. The van der Waals surface area contributed by atoms with Crippen molar-refractivity contribution in [3.05, 3.63) is 0 Å². The lowest BCUT2D eigenvalue weighted by Gasteiger charge is -2.20. The van der Waals surface area contributed by atoms with Crippen molar-refractivity contribution in [2.75, 3.05) is 6.61 Å². The van der Waals surface area contributed by atoms with E-state index in [1.807, 2.05) is 0 Å². The summed E-state index contributed by atoms with van der Waals surface area (Å²) >= 11 is 14.5. The minimum atomic E-state index is -3.77. The van der Waals surface area contributed by atoms with Crippen LogP contribution in [0.2, 0.25) is 0 Å². The van der Waals surface area contributed by atoms with Crippen molar-refractivity contribution in [3.63, 3.8) is 0 Å². The van der Waals surface area contributed by atoms with Crippen LogP contribution in [-0.4, -0.2) is 11.1 Å². The van der Waals surface area contributed by atoms with E-state index in [1.54, 1.807) is 0 Å². The fraction of sp³-hybridized carbons (Fsp3) is 1.00. The zero-order valence-electron chi connectivity index (χ0n) is 9.32. The number of hydrogen-bond acceptors (Lipinski definition) is 5. The third-order valence-electron chi connectivity index (χ3n) is 1.62. The first kappa shape index (κ1) is 17.0. The quantitative estimate of drug-likeness (QED) is 0.220. The van der Waals surface area contributed by atoms with Gasteiger partial charge >= 0.3 is 7.82 Å². The van der Waals surface area contributed by atoms with E-state index in [9.17, 15) is 4.57 Å². The summed E-state index contributed by atoms with van der Waals surface area (Å²) in [6, 6.07) is 0. The summed E-state index contributed by atoms with van der Waals surface area (Å²) in [6.45, 7) is 3.66. The first-order valence-electron chi connectivity index (χ1n) is 4.99. The Labute approximate surface area is 112 Å². The smallest absolute Gasteiger partial charge is 0.286 e. The molecule has 0 fully saturated rings. The predicted octanol–water partition coefficient (Wildman–Crippen LogP) is 4.72. The first-order valence-corrected chi connectivity index (χ1v) is 7.57. The van der Waals surface area contributed by atoms with Gasteiger partial charge in [-0.15, -0.1) is 0 Å². The van der Waals surface area contributed by atoms with Crippen LogP contribution in [0.15, 0.2) is 0 Å².